The summed E-state index contributed by atoms with van der Waals surface area (Å²) in [4.78, 5) is 36.0. The van der Waals surface area contributed by atoms with E-state index in [2.05, 4.69) is 16.0 Å². The molecule has 0 bridgehead atoms. The van der Waals surface area contributed by atoms with Crippen LogP contribution in [0.1, 0.15) is 50.1 Å². The summed E-state index contributed by atoms with van der Waals surface area (Å²) in [6, 6.07) is 8.54. The summed E-state index contributed by atoms with van der Waals surface area (Å²) in [5.41, 5.74) is 0.709. The SMILES string of the molecule is CNC(=O)C(NC(=O)CCC(=O)NC1CCCC1)c1ccccc1. The quantitative estimate of drug-likeness (QED) is 0.706. The maximum absolute atomic E-state index is 12.1. The summed E-state index contributed by atoms with van der Waals surface area (Å²) >= 11 is 0. The van der Waals surface area contributed by atoms with Crippen molar-refractivity contribution in [2.75, 3.05) is 7.05 Å². The Morgan fingerprint density at radius 1 is 1.04 bits per heavy atom. The summed E-state index contributed by atoms with van der Waals surface area (Å²) < 4.78 is 0. The van der Waals surface area contributed by atoms with Gasteiger partial charge < -0.3 is 16.0 Å². The van der Waals surface area contributed by atoms with E-state index < -0.39 is 6.04 Å². The molecule has 1 aliphatic rings. The van der Waals surface area contributed by atoms with Crippen LogP contribution in [-0.2, 0) is 14.4 Å². The maximum atomic E-state index is 12.1. The standard InChI is InChI=1S/C18H25N3O3/c1-19-18(24)17(13-7-3-2-4-8-13)21-16(23)12-11-15(22)20-14-9-5-6-10-14/h2-4,7-8,14,17H,5-6,9-12H2,1H3,(H,19,24)(H,20,22)(H,21,23). The molecule has 0 heterocycles. The third kappa shape index (κ3) is 5.37. The maximum Gasteiger partial charge on any atom is 0.246 e. The molecule has 1 aromatic rings. The van der Waals surface area contributed by atoms with Crippen LogP contribution in [0.15, 0.2) is 30.3 Å². The van der Waals surface area contributed by atoms with Crippen LogP contribution in [0.25, 0.3) is 0 Å². The Hall–Kier alpha value is -2.37. The van der Waals surface area contributed by atoms with E-state index >= 15 is 0 Å². The monoisotopic (exact) mass is 331 g/mol. The number of nitrogens with one attached hydrogen (secondary N) is 3. The molecule has 3 N–H and O–H groups in total. The second kappa shape index (κ2) is 9.05. The Bertz CT molecular complexity index is 568. The average Bonchev–Trinajstić information content (AvgIpc) is 3.11. The van der Waals surface area contributed by atoms with Crippen molar-refractivity contribution < 1.29 is 14.4 Å². The Morgan fingerprint density at radius 2 is 1.67 bits per heavy atom. The van der Waals surface area contributed by atoms with E-state index in [9.17, 15) is 14.4 Å². The largest absolute Gasteiger partial charge is 0.357 e. The van der Waals surface area contributed by atoms with Gasteiger partial charge in [0.05, 0.1) is 0 Å². The molecule has 3 amide bonds. The smallest absolute Gasteiger partial charge is 0.246 e. The molecular weight excluding hydrogens is 306 g/mol. The minimum atomic E-state index is -0.749. The van der Waals surface area contributed by atoms with E-state index in [0.29, 0.717) is 5.56 Å². The number of carbonyl (C=O) groups is 3. The van der Waals surface area contributed by atoms with E-state index in [4.69, 9.17) is 0 Å². The first-order valence-electron chi connectivity index (χ1n) is 8.45. The van der Waals surface area contributed by atoms with Crippen molar-refractivity contribution in [1.29, 1.82) is 0 Å². The molecule has 0 aromatic heterocycles. The van der Waals surface area contributed by atoms with Gasteiger partial charge >= 0.3 is 0 Å². The van der Waals surface area contributed by atoms with Crippen molar-refractivity contribution in [2.24, 2.45) is 0 Å². The second-order valence-electron chi connectivity index (χ2n) is 6.07. The van der Waals surface area contributed by atoms with Gasteiger partial charge in [0.1, 0.15) is 6.04 Å². The van der Waals surface area contributed by atoms with Crippen LogP contribution in [-0.4, -0.2) is 30.8 Å². The predicted octanol–water partition coefficient (Wildman–Crippen LogP) is 1.43. The van der Waals surface area contributed by atoms with Gasteiger partial charge in [0, 0.05) is 25.9 Å². The summed E-state index contributed by atoms with van der Waals surface area (Å²) in [6.07, 6.45) is 4.54. The number of amides is 3. The molecule has 24 heavy (non-hydrogen) atoms. The van der Waals surface area contributed by atoms with E-state index in [1.54, 1.807) is 12.1 Å². The predicted molar refractivity (Wildman–Crippen MR) is 91.0 cm³/mol. The zero-order chi connectivity index (χ0) is 17.4. The van der Waals surface area contributed by atoms with Crippen LogP contribution in [0.2, 0.25) is 0 Å². The van der Waals surface area contributed by atoms with Gasteiger partial charge in [-0.25, -0.2) is 0 Å². The van der Waals surface area contributed by atoms with Gasteiger partial charge in [-0.3, -0.25) is 14.4 Å². The van der Waals surface area contributed by atoms with Gasteiger partial charge in [-0.1, -0.05) is 43.2 Å². The summed E-state index contributed by atoms with van der Waals surface area (Å²) in [5.74, 6) is -0.702. The number of likely N-dealkylation sites (N-methyl/N-ethyl adjacent to an activating group) is 1. The highest BCUT2D eigenvalue weighted by Gasteiger charge is 2.22. The minimum absolute atomic E-state index is 0.0683. The van der Waals surface area contributed by atoms with Crippen LogP contribution in [0.3, 0.4) is 0 Å². The third-order valence-corrected chi connectivity index (χ3v) is 4.25. The van der Waals surface area contributed by atoms with Crippen LogP contribution in [0.4, 0.5) is 0 Å². The summed E-state index contributed by atoms with van der Waals surface area (Å²) in [6.45, 7) is 0. The fourth-order valence-corrected chi connectivity index (χ4v) is 2.92. The van der Waals surface area contributed by atoms with Crippen molar-refractivity contribution in [3.05, 3.63) is 35.9 Å². The Labute approximate surface area is 142 Å². The van der Waals surface area contributed by atoms with Crippen LogP contribution in [0, 0.1) is 0 Å². The molecular formula is C18H25N3O3. The van der Waals surface area contributed by atoms with Crippen molar-refractivity contribution >= 4 is 17.7 Å². The topological polar surface area (TPSA) is 87.3 Å². The molecule has 0 saturated heterocycles. The zero-order valence-corrected chi connectivity index (χ0v) is 14.0. The van der Waals surface area contributed by atoms with Crippen molar-refractivity contribution in [2.45, 2.75) is 50.6 Å². The van der Waals surface area contributed by atoms with Crippen LogP contribution in [0.5, 0.6) is 0 Å². The molecule has 0 radical (unpaired) electrons. The molecule has 2 rings (SSSR count). The van der Waals surface area contributed by atoms with Crippen LogP contribution < -0.4 is 16.0 Å². The normalized spacial score (nSPS) is 15.5. The summed E-state index contributed by atoms with van der Waals surface area (Å²) in [7, 11) is 1.53. The molecule has 0 aliphatic heterocycles. The van der Waals surface area contributed by atoms with E-state index in [1.807, 2.05) is 18.2 Å². The third-order valence-electron chi connectivity index (χ3n) is 4.25. The molecule has 6 nitrogen and oxygen atoms in total. The lowest BCUT2D eigenvalue weighted by Crippen LogP contribution is -2.39. The Morgan fingerprint density at radius 3 is 2.29 bits per heavy atom. The highest BCUT2D eigenvalue weighted by atomic mass is 16.2. The highest BCUT2D eigenvalue weighted by Crippen LogP contribution is 2.18. The lowest BCUT2D eigenvalue weighted by Gasteiger charge is -2.18. The lowest BCUT2D eigenvalue weighted by molar-refractivity contribution is -0.130. The fourth-order valence-electron chi connectivity index (χ4n) is 2.92. The molecule has 1 unspecified atom stereocenters. The fraction of sp³-hybridized carbons (Fsp3) is 0.500. The van der Waals surface area contributed by atoms with Gasteiger partial charge in [0.15, 0.2) is 0 Å². The highest BCUT2D eigenvalue weighted by molar-refractivity contribution is 5.90. The lowest BCUT2D eigenvalue weighted by atomic mass is 10.1. The first-order chi connectivity index (χ1) is 11.6. The second-order valence-corrected chi connectivity index (χ2v) is 6.07. The average molecular weight is 331 g/mol. The number of rotatable bonds is 7. The van der Waals surface area contributed by atoms with Gasteiger partial charge in [0.2, 0.25) is 17.7 Å². The first kappa shape index (κ1) is 18.0. The number of hydrogen-bond donors (Lipinski definition) is 3. The molecule has 130 valence electrons. The zero-order valence-electron chi connectivity index (χ0n) is 14.0. The van der Waals surface area contributed by atoms with E-state index in [-0.39, 0.29) is 36.6 Å². The Balaban J connectivity index is 1.84. The molecule has 1 aromatic carbocycles. The van der Waals surface area contributed by atoms with Gasteiger partial charge in [0.25, 0.3) is 0 Å². The van der Waals surface area contributed by atoms with Crippen molar-refractivity contribution in [3.63, 3.8) is 0 Å². The molecule has 1 fully saturated rings. The summed E-state index contributed by atoms with van der Waals surface area (Å²) in [5, 5.41) is 8.21. The van der Waals surface area contributed by atoms with Crippen molar-refractivity contribution in [1.82, 2.24) is 16.0 Å². The van der Waals surface area contributed by atoms with Gasteiger partial charge in [-0.05, 0) is 18.4 Å². The number of hydrogen-bond acceptors (Lipinski definition) is 3. The molecule has 6 heteroatoms. The van der Waals surface area contributed by atoms with Gasteiger partial charge in [-0.15, -0.1) is 0 Å². The molecule has 0 spiro atoms. The van der Waals surface area contributed by atoms with Gasteiger partial charge in [-0.2, -0.15) is 0 Å². The molecule has 1 atom stereocenters. The van der Waals surface area contributed by atoms with E-state index in [0.717, 1.165) is 25.7 Å². The number of benzene rings is 1. The molecule has 1 aliphatic carbocycles. The number of carbonyl (C=O) groups excluding carboxylic acids is 3. The van der Waals surface area contributed by atoms with Crippen molar-refractivity contribution in [3.8, 4) is 0 Å². The van der Waals surface area contributed by atoms with E-state index in [1.165, 1.54) is 7.05 Å². The first-order valence-corrected chi connectivity index (χ1v) is 8.45. The van der Waals surface area contributed by atoms with Crippen LogP contribution >= 0.6 is 0 Å². The minimum Gasteiger partial charge on any atom is -0.357 e. The molecule has 1 saturated carbocycles. The Kier molecular flexibility index (Phi) is 6.78.